The van der Waals surface area contributed by atoms with Crippen LogP contribution in [-0.2, 0) is 14.4 Å². The molecule has 0 radical (unpaired) electrons. The summed E-state index contributed by atoms with van der Waals surface area (Å²) in [6, 6.07) is -0.628. The first-order chi connectivity index (χ1) is 13.2. The summed E-state index contributed by atoms with van der Waals surface area (Å²) in [7, 11) is 0. The highest BCUT2D eigenvalue weighted by Crippen LogP contribution is 2.24. The first-order valence-electron chi connectivity index (χ1n) is 10.8. The molecule has 0 aromatic carbocycles. The van der Waals surface area contributed by atoms with Crippen molar-refractivity contribution in [1.82, 2.24) is 15.1 Å². The van der Waals surface area contributed by atoms with Crippen molar-refractivity contribution < 1.29 is 14.4 Å². The summed E-state index contributed by atoms with van der Waals surface area (Å²) in [4.78, 5) is 41.5. The van der Waals surface area contributed by atoms with Crippen LogP contribution in [0, 0.1) is 17.8 Å². The standard InChI is InChI=1S/C21H38N4O3/c1-14(2)10-17-20(27)25(9-7-23-17)18(11-15(3)4)21(28)24-8-5-6-16(13-24)12-19(22)26/h14-18,23H,5-13H2,1-4H3,(H2,22,26)/t16?,17-,18?/m0/s1. The number of piperazine rings is 1. The highest BCUT2D eigenvalue weighted by molar-refractivity contribution is 5.90. The zero-order valence-corrected chi connectivity index (χ0v) is 17.9. The monoisotopic (exact) mass is 394 g/mol. The molecule has 2 heterocycles. The van der Waals surface area contributed by atoms with Crippen molar-refractivity contribution in [3.05, 3.63) is 0 Å². The Balaban J connectivity index is 2.14. The predicted octanol–water partition coefficient (Wildman–Crippen LogP) is 1.36. The van der Waals surface area contributed by atoms with Gasteiger partial charge in [0, 0.05) is 32.6 Å². The summed E-state index contributed by atoms with van der Waals surface area (Å²) in [5.74, 6) is 0.615. The van der Waals surface area contributed by atoms with Gasteiger partial charge in [-0.25, -0.2) is 0 Å². The van der Waals surface area contributed by atoms with Gasteiger partial charge < -0.3 is 20.9 Å². The van der Waals surface area contributed by atoms with Crippen LogP contribution >= 0.6 is 0 Å². The van der Waals surface area contributed by atoms with Gasteiger partial charge in [0.15, 0.2) is 0 Å². The number of hydrogen-bond acceptors (Lipinski definition) is 4. The van der Waals surface area contributed by atoms with Gasteiger partial charge in [-0.15, -0.1) is 0 Å². The first kappa shape index (κ1) is 22.7. The van der Waals surface area contributed by atoms with Crippen molar-refractivity contribution in [3.63, 3.8) is 0 Å². The molecule has 2 aliphatic heterocycles. The van der Waals surface area contributed by atoms with E-state index < -0.39 is 6.04 Å². The normalized spacial score (nSPS) is 24.7. The molecule has 3 N–H and O–H groups in total. The molecular weight excluding hydrogens is 356 g/mol. The minimum absolute atomic E-state index is 0.0291. The third-order valence-electron chi connectivity index (χ3n) is 5.71. The van der Waals surface area contributed by atoms with E-state index in [0.717, 1.165) is 25.8 Å². The van der Waals surface area contributed by atoms with Gasteiger partial charge in [-0.3, -0.25) is 14.4 Å². The molecule has 0 aromatic heterocycles. The van der Waals surface area contributed by atoms with E-state index in [4.69, 9.17) is 5.73 Å². The number of nitrogens with one attached hydrogen (secondary N) is 1. The lowest BCUT2D eigenvalue weighted by atomic mass is 9.92. The van der Waals surface area contributed by atoms with Crippen LogP contribution in [0.1, 0.15) is 59.8 Å². The molecule has 2 saturated heterocycles. The summed E-state index contributed by atoms with van der Waals surface area (Å²) >= 11 is 0. The minimum Gasteiger partial charge on any atom is -0.370 e. The van der Waals surface area contributed by atoms with Gasteiger partial charge in [-0.05, 0) is 43.4 Å². The fourth-order valence-electron chi connectivity index (χ4n) is 4.46. The average molecular weight is 395 g/mol. The smallest absolute Gasteiger partial charge is 0.245 e. The van der Waals surface area contributed by atoms with Crippen LogP contribution in [-0.4, -0.2) is 65.8 Å². The van der Waals surface area contributed by atoms with E-state index in [9.17, 15) is 14.4 Å². The van der Waals surface area contributed by atoms with Gasteiger partial charge in [-0.2, -0.15) is 0 Å². The Morgan fingerprint density at radius 3 is 2.50 bits per heavy atom. The van der Waals surface area contributed by atoms with Gasteiger partial charge >= 0.3 is 0 Å². The number of carbonyl (C=O) groups excluding carboxylic acids is 3. The molecule has 2 rings (SSSR count). The Morgan fingerprint density at radius 2 is 1.89 bits per heavy atom. The summed E-state index contributed by atoms with van der Waals surface area (Å²) < 4.78 is 0. The Kier molecular flexibility index (Phi) is 8.28. The molecule has 0 aromatic rings. The summed E-state index contributed by atoms with van der Waals surface area (Å²) in [6.07, 6.45) is 3.56. The summed E-state index contributed by atoms with van der Waals surface area (Å²) in [5, 5.41) is 3.32. The predicted molar refractivity (Wildman–Crippen MR) is 109 cm³/mol. The zero-order chi connectivity index (χ0) is 20.8. The van der Waals surface area contributed by atoms with E-state index in [-0.39, 0.29) is 29.7 Å². The number of hydrogen-bond donors (Lipinski definition) is 2. The number of carbonyl (C=O) groups is 3. The minimum atomic E-state index is -0.420. The molecule has 2 aliphatic rings. The van der Waals surface area contributed by atoms with E-state index in [1.165, 1.54) is 0 Å². The first-order valence-corrected chi connectivity index (χ1v) is 10.8. The maximum absolute atomic E-state index is 13.4. The van der Waals surface area contributed by atoms with E-state index in [0.29, 0.717) is 44.3 Å². The van der Waals surface area contributed by atoms with Crippen molar-refractivity contribution in [3.8, 4) is 0 Å². The number of nitrogens with zero attached hydrogens (tertiary/aromatic N) is 2. The molecule has 7 heteroatoms. The number of primary amides is 1. The second-order valence-corrected chi connectivity index (χ2v) is 9.28. The lowest BCUT2D eigenvalue weighted by molar-refractivity contribution is -0.150. The number of likely N-dealkylation sites (tertiary alicyclic amines) is 1. The molecule has 7 nitrogen and oxygen atoms in total. The largest absolute Gasteiger partial charge is 0.370 e. The Labute approximate surface area is 169 Å². The highest BCUT2D eigenvalue weighted by Gasteiger charge is 2.39. The topological polar surface area (TPSA) is 95.7 Å². The fraction of sp³-hybridized carbons (Fsp3) is 0.857. The average Bonchev–Trinajstić information content (AvgIpc) is 2.60. The quantitative estimate of drug-likeness (QED) is 0.650. The molecule has 160 valence electrons. The van der Waals surface area contributed by atoms with Crippen LogP contribution in [0.2, 0.25) is 0 Å². The lowest BCUT2D eigenvalue weighted by Crippen LogP contribution is -2.62. The van der Waals surface area contributed by atoms with E-state index in [1.54, 1.807) is 0 Å². The van der Waals surface area contributed by atoms with E-state index in [2.05, 4.69) is 33.0 Å². The van der Waals surface area contributed by atoms with Crippen molar-refractivity contribution in [1.29, 1.82) is 0 Å². The molecule has 3 atom stereocenters. The summed E-state index contributed by atoms with van der Waals surface area (Å²) in [5.41, 5.74) is 5.36. The third-order valence-corrected chi connectivity index (χ3v) is 5.71. The van der Waals surface area contributed by atoms with Crippen LogP contribution in [0.15, 0.2) is 0 Å². The summed E-state index contributed by atoms with van der Waals surface area (Å²) in [6.45, 7) is 10.9. The SMILES string of the molecule is CC(C)CC(C(=O)N1CCCC(CC(N)=O)C1)N1CCN[C@@H](CC(C)C)C1=O. The second kappa shape index (κ2) is 10.2. The molecule has 28 heavy (non-hydrogen) atoms. The van der Waals surface area contributed by atoms with Gasteiger partial charge in [0.05, 0.1) is 6.04 Å². The van der Waals surface area contributed by atoms with Crippen molar-refractivity contribution in [2.75, 3.05) is 26.2 Å². The van der Waals surface area contributed by atoms with Gasteiger partial charge in [0.25, 0.3) is 0 Å². The number of rotatable bonds is 8. The third kappa shape index (κ3) is 6.19. The highest BCUT2D eigenvalue weighted by atomic mass is 16.2. The maximum Gasteiger partial charge on any atom is 0.245 e. The van der Waals surface area contributed by atoms with E-state index >= 15 is 0 Å². The molecule has 2 fully saturated rings. The zero-order valence-electron chi connectivity index (χ0n) is 17.9. The van der Waals surface area contributed by atoms with Gasteiger partial charge in [0.1, 0.15) is 6.04 Å². The van der Waals surface area contributed by atoms with Crippen molar-refractivity contribution in [2.24, 2.45) is 23.5 Å². The fourth-order valence-corrected chi connectivity index (χ4v) is 4.46. The Bertz CT molecular complexity index is 564. The lowest BCUT2D eigenvalue weighted by Gasteiger charge is -2.42. The molecule has 0 spiro atoms. The van der Waals surface area contributed by atoms with E-state index in [1.807, 2.05) is 9.80 Å². The molecule has 0 bridgehead atoms. The van der Waals surface area contributed by atoms with Crippen molar-refractivity contribution >= 4 is 17.7 Å². The number of piperidine rings is 1. The molecule has 2 unspecified atom stereocenters. The van der Waals surface area contributed by atoms with Crippen LogP contribution in [0.5, 0.6) is 0 Å². The molecular formula is C21H38N4O3. The molecule has 3 amide bonds. The molecule has 0 aliphatic carbocycles. The Morgan fingerprint density at radius 1 is 1.18 bits per heavy atom. The number of amides is 3. The molecule has 0 saturated carbocycles. The van der Waals surface area contributed by atoms with Crippen LogP contribution < -0.4 is 11.1 Å². The van der Waals surface area contributed by atoms with Crippen LogP contribution in [0.4, 0.5) is 0 Å². The second-order valence-electron chi connectivity index (χ2n) is 9.28. The van der Waals surface area contributed by atoms with Gasteiger partial charge in [0.2, 0.25) is 17.7 Å². The van der Waals surface area contributed by atoms with Crippen LogP contribution in [0.25, 0.3) is 0 Å². The number of nitrogens with two attached hydrogens (primary N) is 1. The Hall–Kier alpha value is -1.63. The van der Waals surface area contributed by atoms with Crippen molar-refractivity contribution in [2.45, 2.75) is 71.9 Å². The van der Waals surface area contributed by atoms with Gasteiger partial charge in [-0.1, -0.05) is 27.7 Å². The maximum atomic E-state index is 13.4. The van der Waals surface area contributed by atoms with Crippen LogP contribution in [0.3, 0.4) is 0 Å².